The van der Waals surface area contributed by atoms with Crippen molar-refractivity contribution in [3.8, 4) is 11.6 Å². The zero-order valence-corrected chi connectivity index (χ0v) is 56.9. The van der Waals surface area contributed by atoms with Crippen LogP contribution in [0.3, 0.4) is 0 Å². The number of fused-ring (bicyclic) bond motifs is 15. The highest BCUT2D eigenvalue weighted by molar-refractivity contribution is 7.26. The zero-order chi connectivity index (χ0) is 65.7. The number of nitrogens with one attached hydrogen (secondary N) is 4. The van der Waals surface area contributed by atoms with Gasteiger partial charge in [-0.05, 0) is 114 Å². The molecule has 0 aliphatic carbocycles. The lowest BCUT2D eigenvalue weighted by Gasteiger charge is -2.03. The molecule has 19 rings (SSSR count). The quantitative estimate of drug-likeness (QED) is 0.110. The number of anilines is 4. The number of hydrogen-bond acceptors (Lipinski definition) is 24. The maximum absolute atomic E-state index is 12.6. The number of para-hydroxylation sites is 1. The number of carbonyl (C=O) groups is 4. The normalized spacial score (nSPS) is 11.7. The van der Waals surface area contributed by atoms with Crippen LogP contribution in [0.15, 0.2) is 180 Å². The number of amides is 4. The van der Waals surface area contributed by atoms with Crippen LogP contribution >= 0.6 is 102 Å². The number of aromatic nitrogens is 10. The predicted molar refractivity (Wildman–Crippen MR) is 395 cm³/mol. The van der Waals surface area contributed by atoms with Gasteiger partial charge in [-0.1, -0.05) is 105 Å². The minimum absolute atomic E-state index is 0.120. The smallest absolute Gasteiger partial charge is 0.260 e. The molecular formula is C68H39ClN14O6S8. The van der Waals surface area contributed by atoms with Crippen LogP contribution in [0.5, 0.6) is 11.6 Å². The number of hydrogen-bond donors (Lipinski definition) is 4. The van der Waals surface area contributed by atoms with E-state index in [-0.39, 0.29) is 30.4 Å². The Bertz CT molecular complexity index is 5940. The lowest BCUT2D eigenvalue weighted by atomic mass is 10.1. The van der Waals surface area contributed by atoms with Crippen molar-refractivity contribution in [3.63, 3.8) is 0 Å². The lowest BCUT2D eigenvalue weighted by molar-refractivity contribution is 0.101. The van der Waals surface area contributed by atoms with Crippen molar-refractivity contribution in [2.24, 2.45) is 0 Å². The van der Waals surface area contributed by atoms with E-state index in [4.69, 9.17) is 21.1 Å². The van der Waals surface area contributed by atoms with Crippen LogP contribution in [-0.4, -0.2) is 80.3 Å². The summed E-state index contributed by atoms with van der Waals surface area (Å²) in [6.45, 7) is 2.02. The van der Waals surface area contributed by atoms with Crippen LogP contribution in [0.1, 0.15) is 47.0 Å². The van der Waals surface area contributed by atoms with E-state index in [9.17, 15) is 19.2 Å². The van der Waals surface area contributed by atoms with Crippen molar-refractivity contribution < 1.29 is 28.7 Å². The summed E-state index contributed by atoms with van der Waals surface area (Å²) < 4.78 is 18.8. The number of aryl methyl sites for hydroxylation is 1. The van der Waals surface area contributed by atoms with Crippen LogP contribution < -0.4 is 30.7 Å². The number of carbonyl (C=O) groups excluding carboxylic acids is 4. The number of ether oxygens (including phenoxy) is 2. The van der Waals surface area contributed by atoms with Gasteiger partial charge in [0.1, 0.15) is 22.1 Å². The van der Waals surface area contributed by atoms with Gasteiger partial charge in [-0.15, -0.1) is 45.3 Å². The maximum atomic E-state index is 12.6. The summed E-state index contributed by atoms with van der Waals surface area (Å²) in [5, 5.41) is 17.3. The lowest BCUT2D eigenvalue weighted by Crippen LogP contribution is -2.11. The molecule has 11 heterocycles. The number of halogens is 1. The fourth-order valence-corrected chi connectivity index (χ4v) is 17.6. The second-order valence-corrected chi connectivity index (χ2v) is 29.3. The topological polar surface area (TPSA) is 264 Å². The molecule has 1 aliphatic heterocycles. The standard InChI is InChI=1S/C19H11N3OS2.C18H10N4OS2.C16H10ClN3OS2.C15H8N4O3S2/c23-18(13-6-5-11-3-1-2-4-12(11)9-13)22-19-21-14-7-8-15-16(17(14)25-19)20-10-24-15;23-17(11-7-10-3-1-2-4-12(10)19-8-11)22-18-21-13-5-6-14-15(16(13)25-18)20-9-24-14;1-8-4-9(6-10(17)5-8)15(21)20-16-19-11-2-3-12-13(14(11)23-16)18-7-22-12;20-13(7-3-9-14(16-4-7)22-6-21-9)19-15-18-8-1-2-10-11(12(8)24-15)17-5-23-10/h1-10H,(H,21,22,23);1-9H,(H,21,22,23);2-7H,1H3,(H,19,20,21);1-5H,6H2,(H,18,19,20). The van der Waals surface area contributed by atoms with E-state index in [1.807, 2.05) is 151 Å². The first kappa shape index (κ1) is 61.4. The summed E-state index contributed by atoms with van der Waals surface area (Å²) in [6, 6.07) is 45.9. The number of benzene rings is 8. The summed E-state index contributed by atoms with van der Waals surface area (Å²) in [4.78, 5) is 93.8. The molecule has 8 aromatic carbocycles. The van der Waals surface area contributed by atoms with Gasteiger partial charge in [0, 0.05) is 40.0 Å². The minimum Gasteiger partial charge on any atom is -0.452 e. The van der Waals surface area contributed by atoms with Crippen molar-refractivity contribution >= 4 is 250 Å². The first-order chi connectivity index (χ1) is 47.4. The highest BCUT2D eigenvalue weighted by atomic mass is 35.5. The van der Waals surface area contributed by atoms with Gasteiger partial charge >= 0.3 is 0 Å². The van der Waals surface area contributed by atoms with Gasteiger partial charge in [0.15, 0.2) is 26.3 Å². The summed E-state index contributed by atoms with van der Waals surface area (Å²) in [5.74, 6) is -0.0155. The third kappa shape index (κ3) is 12.7. The monoisotopic (exact) mass is 1440 g/mol. The van der Waals surface area contributed by atoms with Gasteiger partial charge in [-0.2, -0.15) is 0 Å². The molecule has 0 radical (unpaired) electrons. The predicted octanol–water partition coefficient (Wildman–Crippen LogP) is 18.4. The molecule has 0 saturated heterocycles. The summed E-state index contributed by atoms with van der Waals surface area (Å²) >= 11 is 18.1. The van der Waals surface area contributed by atoms with Crippen LogP contribution in [0, 0.1) is 6.92 Å². The van der Waals surface area contributed by atoms with Crippen molar-refractivity contribution in [1.82, 2.24) is 49.8 Å². The van der Waals surface area contributed by atoms with E-state index in [1.165, 1.54) is 51.5 Å². The Kier molecular flexibility index (Phi) is 16.6. The number of pyridine rings is 2. The van der Waals surface area contributed by atoms with E-state index in [2.05, 4.69) is 71.1 Å². The second kappa shape index (κ2) is 26.2. The van der Waals surface area contributed by atoms with E-state index in [0.717, 1.165) is 109 Å². The molecule has 0 fully saturated rings. The van der Waals surface area contributed by atoms with Crippen LogP contribution in [0.4, 0.5) is 20.5 Å². The van der Waals surface area contributed by atoms with Crippen molar-refractivity contribution in [3.05, 3.63) is 213 Å². The Morgan fingerprint density at radius 2 is 0.814 bits per heavy atom. The van der Waals surface area contributed by atoms with E-state index >= 15 is 0 Å². The molecule has 472 valence electrons. The largest absolute Gasteiger partial charge is 0.452 e. The molecule has 0 unspecified atom stereocenters. The molecular weight excluding hydrogens is 1400 g/mol. The Labute approximate surface area is 583 Å². The van der Waals surface area contributed by atoms with Crippen molar-refractivity contribution in [2.75, 3.05) is 28.1 Å². The van der Waals surface area contributed by atoms with Crippen molar-refractivity contribution in [2.45, 2.75) is 6.92 Å². The molecule has 0 spiro atoms. The van der Waals surface area contributed by atoms with Gasteiger partial charge in [0.25, 0.3) is 29.5 Å². The van der Waals surface area contributed by atoms with E-state index < -0.39 is 0 Å². The molecule has 29 heteroatoms. The Hall–Kier alpha value is -10.5. The molecule has 4 N–H and O–H groups in total. The second-order valence-electron chi connectivity index (χ2n) is 21.3. The fraction of sp³-hybridized carbons (Fsp3) is 0.0294. The zero-order valence-electron chi connectivity index (χ0n) is 49.6. The Balaban J connectivity index is 0.000000101. The average Bonchev–Trinajstić information content (AvgIpc) is 1.66. The minimum atomic E-state index is -0.297. The third-order valence-corrected chi connectivity index (χ3v) is 22.3. The SMILES string of the molecule is Cc1cc(Cl)cc(C(=O)Nc2nc3ccc4scnc4c3s2)c1.O=C(Nc1nc2ccc3scnc3c2s1)c1ccc2ccccc2c1.O=C(Nc1nc2ccc3scnc3c2s1)c1cnc2c(c1)OCO2.O=C(Nc1nc2ccc3scnc3c2s1)c1cnc2ccccc2c1. The van der Waals surface area contributed by atoms with Crippen LogP contribution in [-0.2, 0) is 0 Å². The molecule has 20 nitrogen and oxygen atoms in total. The number of rotatable bonds is 8. The van der Waals surface area contributed by atoms with Crippen molar-refractivity contribution in [1.29, 1.82) is 0 Å². The average molecular weight is 1440 g/mol. The first-order valence-electron chi connectivity index (χ1n) is 29.1. The third-order valence-electron chi connectivity index (χ3n) is 15.0. The van der Waals surface area contributed by atoms with E-state index in [1.54, 1.807) is 75.3 Å². The van der Waals surface area contributed by atoms with Gasteiger partial charge in [-0.25, -0.2) is 44.9 Å². The van der Waals surface area contributed by atoms with E-state index in [0.29, 0.717) is 59.4 Å². The molecule has 18 aromatic rings. The molecule has 10 aromatic heterocycles. The number of thiazole rings is 8. The molecule has 1 aliphatic rings. The number of nitrogens with zero attached hydrogens (tertiary/aromatic N) is 10. The van der Waals surface area contributed by atoms with Crippen LogP contribution in [0.2, 0.25) is 5.02 Å². The highest BCUT2D eigenvalue weighted by Crippen LogP contribution is 2.39. The first-order valence-corrected chi connectivity index (χ1v) is 36.2. The molecule has 97 heavy (non-hydrogen) atoms. The molecule has 0 bridgehead atoms. The highest BCUT2D eigenvalue weighted by Gasteiger charge is 2.21. The summed E-state index contributed by atoms with van der Waals surface area (Å²) in [6.07, 6.45) is 3.04. The maximum Gasteiger partial charge on any atom is 0.260 e. The Morgan fingerprint density at radius 1 is 0.392 bits per heavy atom. The molecule has 4 amide bonds. The fourth-order valence-electron chi connectivity index (χ4n) is 10.5. The molecule has 0 atom stereocenters. The van der Waals surface area contributed by atoms with Gasteiger partial charge in [-0.3, -0.25) is 45.4 Å². The van der Waals surface area contributed by atoms with Gasteiger partial charge in [0.05, 0.1) is 98.4 Å². The van der Waals surface area contributed by atoms with Gasteiger partial charge in [0.2, 0.25) is 6.79 Å². The van der Waals surface area contributed by atoms with Crippen LogP contribution in [0.25, 0.3) is 103 Å². The Morgan fingerprint density at radius 3 is 1.31 bits per heavy atom. The molecule has 0 saturated carbocycles. The summed E-state index contributed by atoms with van der Waals surface area (Å²) in [7, 11) is 0. The summed E-state index contributed by atoms with van der Waals surface area (Å²) in [5.41, 5.74) is 18.2. The van der Waals surface area contributed by atoms with Gasteiger partial charge < -0.3 is 9.47 Å².